The second-order valence-corrected chi connectivity index (χ2v) is 5.33. The van der Waals surface area contributed by atoms with Crippen LogP contribution in [0.3, 0.4) is 0 Å². The van der Waals surface area contributed by atoms with E-state index >= 15 is 0 Å². The summed E-state index contributed by atoms with van der Waals surface area (Å²) in [6, 6.07) is 12.6. The second kappa shape index (κ2) is 7.23. The number of halogens is 1. The Morgan fingerprint density at radius 3 is 2.57 bits per heavy atom. The Balaban J connectivity index is 2.31. The Morgan fingerprint density at radius 1 is 1.10 bits per heavy atom. The molecule has 0 saturated heterocycles. The lowest BCUT2D eigenvalue weighted by atomic mass is 10.0. The maximum atomic E-state index is 13.4. The first-order valence-corrected chi connectivity index (χ1v) is 7.37. The van der Waals surface area contributed by atoms with Gasteiger partial charge < -0.3 is 10.1 Å². The van der Waals surface area contributed by atoms with Gasteiger partial charge in [0.1, 0.15) is 17.3 Å². The van der Waals surface area contributed by atoms with Crippen LogP contribution in [-0.2, 0) is 6.54 Å². The number of ether oxygens (including phenoxy) is 1. The Bertz CT molecular complexity index is 596. The van der Waals surface area contributed by atoms with Crippen molar-refractivity contribution >= 4 is 0 Å². The van der Waals surface area contributed by atoms with Gasteiger partial charge in [-0.2, -0.15) is 0 Å². The zero-order valence-electron chi connectivity index (χ0n) is 12.8. The molecule has 0 spiro atoms. The number of rotatable bonds is 6. The number of benzene rings is 2. The molecule has 0 aromatic heterocycles. The first kappa shape index (κ1) is 15.5. The predicted molar refractivity (Wildman–Crippen MR) is 84.4 cm³/mol. The van der Waals surface area contributed by atoms with Gasteiger partial charge in [-0.3, -0.25) is 0 Å². The Morgan fingerprint density at radius 2 is 1.86 bits per heavy atom. The Hall–Kier alpha value is -1.87. The summed E-state index contributed by atoms with van der Waals surface area (Å²) >= 11 is 0. The van der Waals surface area contributed by atoms with E-state index in [1.54, 1.807) is 6.07 Å². The van der Waals surface area contributed by atoms with E-state index in [4.69, 9.17) is 4.74 Å². The smallest absolute Gasteiger partial charge is 0.132 e. The van der Waals surface area contributed by atoms with Gasteiger partial charge in [0.2, 0.25) is 0 Å². The van der Waals surface area contributed by atoms with Crippen molar-refractivity contribution in [1.82, 2.24) is 5.32 Å². The molecule has 0 amide bonds. The summed E-state index contributed by atoms with van der Waals surface area (Å²) in [7, 11) is 0. The largest absolute Gasteiger partial charge is 0.457 e. The van der Waals surface area contributed by atoms with Crippen LogP contribution in [0.4, 0.5) is 4.39 Å². The molecule has 21 heavy (non-hydrogen) atoms. The molecule has 0 unspecified atom stereocenters. The third kappa shape index (κ3) is 4.05. The molecule has 2 nitrogen and oxygen atoms in total. The summed E-state index contributed by atoms with van der Waals surface area (Å²) in [6.45, 7) is 7.71. The van der Waals surface area contributed by atoms with Crippen LogP contribution in [0.15, 0.2) is 42.5 Å². The zero-order chi connectivity index (χ0) is 15.2. The lowest BCUT2D eigenvalue weighted by Gasteiger charge is -2.16. The van der Waals surface area contributed by atoms with E-state index in [2.05, 4.69) is 25.2 Å². The first-order valence-electron chi connectivity index (χ1n) is 7.37. The summed E-state index contributed by atoms with van der Waals surface area (Å²) in [5.41, 5.74) is 1.98. The molecule has 0 bridgehead atoms. The molecule has 2 rings (SSSR count). The van der Waals surface area contributed by atoms with Crippen LogP contribution in [0.2, 0.25) is 0 Å². The van der Waals surface area contributed by atoms with Crippen LogP contribution in [0.1, 0.15) is 37.8 Å². The fourth-order valence-corrected chi connectivity index (χ4v) is 2.21. The fraction of sp³-hybridized carbons (Fsp3) is 0.333. The van der Waals surface area contributed by atoms with Crippen molar-refractivity contribution in [2.24, 2.45) is 0 Å². The first-order chi connectivity index (χ1) is 10.1. The van der Waals surface area contributed by atoms with Crippen LogP contribution in [0.25, 0.3) is 0 Å². The number of hydrogen-bond acceptors (Lipinski definition) is 2. The standard InChI is InChI=1S/C18H22FNO/c1-4-20-12-14-11-15(19)9-10-17(14)21-18-8-6-5-7-16(18)13(2)3/h5-11,13,20H,4,12H2,1-3H3. The molecule has 0 radical (unpaired) electrons. The van der Waals surface area contributed by atoms with Gasteiger partial charge >= 0.3 is 0 Å². The molecule has 0 aliphatic heterocycles. The highest BCUT2D eigenvalue weighted by atomic mass is 19.1. The van der Waals surface area contributed by atoms with Crippen LogP contribution in [0.5, 0.6) is 11.5 Å². The highest BCUT2D eigenvalue weighted by molar-refractivity contribution is 5.42. The van der Waals surface area contributed by atoms with Crippen molar-refractivity contribution in [1.29, 1.82) is 0 Å². The fourth-order valence-electron chi connectivity index (χ4n) is 2.21. The highest BCUT2D eigenvalue weighted by Gasteiger charge is 2.11. The summed E-state index contributed by atoms with van der Waals surface area (Å²) in [5.74, 6) is 1.66. The third-order valence-corrected chi connectivity index (χ3v) is 3.35. The minimum absolute atomic E-state index is 0.243. The SMILES string of the molecule is CCNCc1cc(F)ccc1Oc1ccccc1C(C)C. The Labute approximate surface area is 126 Å². The van der Waals surface area contributed by atoms with Crippen molar-refractivity contribution in [3.8, 4) is 11.5 Å². The van der Waals surface area contributed by atoms with E-state index in [1.165, 1.54) is 12.1 Å². The maximum Gasteiger partial charge on any atom is 0.132 e. The minimum atomic E-state index is -0.243. The van der Waals surface area contributed by atoms with Crippen molar-refractivity contribution in [2.45, 2.75) is 33.2 Å². The molecule has 2 aromatic carbocycles. The molecular weight excluding hydrogens is 265 g/mol. The zero-order valence-corrected chi connectivity index (χ0v) is 12.8. The third-order valence-electron chi connectivity index (χ3n) is 3.35. The van der Waals surface area contributed by atoms with Gasteiger partial charge in [-0.05, 0) is 42.3 Å². The normalized spacial score (nSPS) is 10.9. The van der Waals surface area contributed by atoms with Crippen LogP contribution in [-0.4, -0.2) is 6.54 Å². The molecule has 0 saturated carbocycles. The van der Waals surface area contributed by atoms with Gasteiger partial charge in [-0.15, -0.1) is 0 Å². The average Bonchev–Trinajstić information content (AvgIpc) is 2.47. The van der Waals surface area contributed by atoms with Gasteiger partial charge in [-0.25, -0.2) is 4.39 Å². The maximum absolute atomic E-state index is 13.4. The molecule has 0 heterocycles. The quantitative estimate of drug-likeness (QED) is 0.820. The highest BCUT2D eigenvalue weighted by Crippen LogP contribution is 2.32. The molecule has 1 N–H and O–H groups in total. The van der Waals surface area contributed by atoms with E-state index < -0.39 is 0 Å². The summed E-state index contributed by atoms with van der Waals surface area (Å²) in [4.78, 5) is 0. The molecular formula is C18H22FNO. The van der Waals surface area contributed by atoms with Crippen molar-refractivity contribution in [2.75, 3.05) is 6.54 Å². The van der Waals surface area contributed by atoms with Gasteiger partial charge in [0, 0.05) is 12.1 Å². The second-order valence-electron chi connectivity index (χ2n) is 5.33. The van der Waals surface area contributed by atoms with E-state index in [-0.39, 0.29) is 5.82 Å². The topological polar surface area (TPSA) is 21.3 Å². The lowest BCUT2D eigenvalue weighted by Crippen LogP contribution is -2.12. The molecule has 3 heteroatoms. The van der Waals surface area contributed by atoms with Gasteiger partial charge in [0.05, 0.1) is 0 Å². The predicted octanol–water partition coefficient (Wildman–Crippen LogP) is 4.85. The van der Waals surface area contributed by atoms with Crippen molar-refractivity contribution in [3.05, 3.63) is 59.4 Å². The van der Waals surface area contributed by atoms with Crippen molar-refractivity contribution in [3.63, 3.8) is 0 Å². The molecule has 2 aromatic rings. The van der Waals surface area contributed by atoms with E-state index in [0.717, 1.165) is 23.4 Å². The summed E-state index contributed by atoms with van der Waals surface area (Å²) in [6.07, 6.45) is 0. The Kier molecular flexibility index (Phi) is 5.34. The molecule has 112 valence electrons. The molecule has 0 aliphatic carbocycles. The van der Waals surface area contributed by atoms with Crippen LogP contribution in [0, 0.1) is 5.82 Å². The molecule has 0 fully saturated rings. The van der Waals surface area contributed by atoms with Gasteiger partial charge in [0.15, 0.2) is 0 Å². The number of para-hydroxylation sites is 1. The minimum Gasteiger partial charge on any atom is -0.457 e. The average molecular weight is 287 g/mol. The molecule has 0 atom stereocenters. The van der Waals surface area contributed by atoms with E-state index in [9.17, 15) is 4.39 Å². The lowest BCUT2D eigenvalue weighted by molar-refractivity contribution is 0.462. The number of nitrogens with one attached hydrogen (secondary N) is 1. The van der Waals surface area contributed by atoms with Crippen molar-refractivity contribution < 1.29 is 9.13 Å². The van der Waals surface area contributed by atoms with Gasteiger partial charge in [0.25, 0.3) is 0 Å². The summed E-state index contributed by atoms with van der Waals surface area (Å²) in [5, 5.41) is 3.21. The van der Waals surface area contributed by atoms with E-state index in [1.807, 2.05) is 25.1 Å². The monoisotopic (exact) mass is 287 g/mol. The van der Waals surface area contributed by atoms with Crippen LogP contribution >= 0.6 is 0 Å². The van der Waals surface area contributed by atoms with Crippen LogP contribution < -0.4 is 10.1 Å². The molecule has 0 aliphatic rings. The van der Waals surface area contributed by atoms with E-state index in [0.29, 0.717) is 18.2 Å². The summed E-state index contributed by atoms with van der Waals surface area (Å²) < 4.78 is 19.5. The van der Waals surface area contributed by atoms with Gasteiger partial charge in [-0.1, -0.05) is 39.0 Å². The number of hydrogen-bond donors (Lipinski definition) is 1.